The van der Waals surface area contributed by atoms with Crippen LogP contribution in [0.3, 0.4) is 0 Å². The zero-order valence-electron chi connectivity index (χ0n) is 15.2. The van der Waals surface area contributed by atoms with Crippen molar-refractivity contribution in [2.45, 2.75) is 11.0 Å². The second kappa shape index (κ2) is 8.13. The van der Waals surface area contributed by atoms with Gasteiger partial charge in [-0.3, -0.25) is 0 Å². The van der Waals surface area contributed by atoms with Crippen molar-refractivity contribution in [2.75, 3.05) is 14.2 Å². The quantitative estimate of drug-likeness (QED) is 0.428. The molecule has 0 radical (unpaired) electrons. The van der Waals surface area contributed by atoms with E-state index in [4.69, 9.17) is 18.4 Å². The Morgan fingerprint density at radius 1 is 0.821 bits per heavy atom. The van der Waals surface area contributed by atoms with E-state index in [2.05, 4.69) is 20.3 Å². The van der Waals surface area contributed by atoms with Gasteiger partial charge in [0.25, 0.3) is 11.1 Å². The van der Waals surface area contributed by atoms with Crippen LogP contribution < -0.4 is 9.47 Å². The number of hydrogen-bond acceptors (Lipinski definition) is 9. The molecular weight excluding hydrogens is 380 g/mol. The molecule has 0 saturated carbocycles. The maximum absolute atomic E-state index is 5.68. The molecule has 4 aromatic rings. The van der Waals surface area contributed by atoms with Crippen molar-refractivity contribution < 1.29 is 18.4 Å². The molecule has 0 fully saturated rings. The molecule has 0 unspecified atom stereocenters. The molecule has 0 N–H and O–H groups in total. The third kappa shape index (κ3) is 3.99. The summed E-state index contributed by atoms with van der Waals surface area (Å²) in [4.78, 5) is 4.39. The van der Waals surface area contributed by atoms with Crippen LogP contribution in [0, 0.1) is 0 Å². The van der Waals surface area contributed by atoms with Gasteiger partial charge in [0.05, 0.1) is 20.0 Å². The fraction of sp³-hybridized carbons (Fsp3) is 0.158. The van der Waals surface area contributed by atoms with Crippen LogP contribution in [0.1, 0.15) is 5.82 Å². The lowest BCUT2D eigenvalue weighted by Gasteiger charge is -1.99. The van der Waals surface area contributed by atoms with E-state index in [1.165, 1.54) is 11.8 Å². The maximum Gasteiger partial charge on any atom is 0.277 e. The molecule has 0 atom stereocenters. The van der Waals surface area contributed by atoms with Gasteiger partial charge in [-0.2, -0.15) is 4.98 Å². The Kier molecular flexibility index (Phi) is 5.24. The van der Waals surface area contributed by atoms with Gasteiger partial charge in [0.2, 0.25) is 5.89 Å². The van der Waals surface area contributed by atoms with E-state index in [0.717, 1.165) is 22.6 Å². The molecule has 4 rings (SSSR count). The van der Waals surface area contributed by atoms with Crippen molar-refractivity contribution in [3.8, 4) is 34.4 Å². The first kappa shape index (κ1) is 18.1. The summed E-state index contributed by atoms with van der Waals surface area (Å²) in [6, 6.07) is 14.8. The number of benzene rings is 2. The van der Waals surface area contributed by atoms with E-state index < -0.39 is 0 Å². The normalized spacial score (nSPS) is 10.8. The van der Waals surface area contributed by atoms with E-state index in [-0.39, 0.29) is 0 Å². The molecule has 0 spiro atoms. The van der Waals surface area contributed by atoms with Crippen molar-refractivity contribution >= 4 is 11.8 Å². The average molecular weight is 396 g/mol. The van der Waals surface area contributed by atoms with E-state index in [0.29, 0.717) is 28.6 Å². The average Bonchev–Trinajstić information content (AvgIpc) is 3.42. The Balaban J connectivity index is 1.39. The number of aromatic nitrogens is 4. The minimum absolute atomic E-state index is 0.432. The molecule has 0 amide bonds. The molecule has 0 aliphatic heterocycles. The lowest BCUT2D eigenvalue weighted by molar-refractivity contribution is 0.414. The molecule has 28 heavy (non-hydrogen) atoms. The van der Waals surface area contributed by atoms with Crippen molar-refractivity contribution in [3.05, 3.63) is 54.4 Å². The van der Waals surface area contributed by atoms with Crippen molar-refractivity contribution in [3.63, 3.8) is 0 Å². The first-order valence-electron chi connectivity index (χ1n) is 8.33. The predicted octanol–water partition coefficient (Wildman–Crippen LogP) is 4.10. The van der Waals surface area contributed by atoms with Gasteiger partial charge in [-0.25, -0.2) is 0 Å². The molecule has 9 heteroatoms. The van der Waals surface area contributed by atoms with Crippen LogP contribution in [-0.4, -0.2) is 34.6 Å². The molecule has 0 bridgehead atoms. The van der Waals surface area contributed by atoms with Gasteiger partial charge in [0.15, 0.2) is 5.82 Å². The minimum atomic E-state index is 0.432. The SMILES string of the molecule is COc1ccc(-c2nc(CSc3nnc(-c4ccc(OC)cc4)o3)no2)cc1. The highest BCUT2D eigenvalue weighted by Crippen LogP contribution is 2.27. The Labute approximate surface area is 164 Å². The number of methoxy groups -OCH3 is 2. The van der Waals surface area contributed by atoms with Gasteiger partial charge in [0, 0.05) is 11.1 Å². The third-order valence-corrected chi connectivity index (χ3v) is 4.69. The van der Waals surface area contributed by atoms with Crippen molar-refractivity contribution in [1.82, 2.24) is 20.3 Å². The zero-order chi connectivity index (χ0) is 19.3. The summed E-state index contributed by atoms with van der Waals surface area (Å²) < 4.78 is 21.3. The van der Waals surface area contributed by atoms with Crippen LogP contribution >= 0.6 is 11.8 Å². The lowest BCUT2D eigenvalue weighted by atomic mass is 10.2. The van der Waals surface area contributed by atoms with Crippen molar-refractivity contribution in [1.29, 1.82) is 0 Å². The second-order valence-electron chi connectivity index (χ2n) is 5.63. The first-order chi connectivity index (χ1) is 13.7. The molecular formula is C19H16N4O4S. The summed E-state index contributed by atoms with van der Waals surface area (Å²) in [5, 5.41) is 12.5. The van der Waals surface area contributed by atoms with Crippen molar-refractivity contribution in [2.24, 2.45) is 0 Å². The minimum Gasteiger partial charge on any atom is -0.497 e. The monoisotopic (exact) mass is 396 g/mol. The maximum atomic E-state index is 5.68. The lowest BCUT2D eigenvalue weighted by Crippen LogP contribution is -1.85. The van der Waals surface area contributed by atoms with E-state index in [1.54, 1.807) is 14.2 Å². The molecule has 0 aliphatic carbocycles. The largest absolute Gasteiger partial charge is 0.497 e. The summed E-state index contributed by atoms with van der Waals surface area (Å²) in [6.07, 6.45) is 0. The van der Waals surface area contributed by atoms with Crippen LogP contribution in [0.4, 0.5) is 0 Å². The van der Waals surface area contributed by atoms with Crippen LogP contribution in [0.15, 0.2) is 62.7 Å². The number of nitrogens with zero attached hydrogens (tertiary/aromatic N) is 4. The Hall–Kier alpha value is -3.33. The van der Waals surface area contributed by atoms with Gasteiger partial charge < -0.3 is 18.4 Å². The van der Waals surface area contributed by atoms with Gasteiger partial charge in [-0.05, 0) is 48.5 Å². The van der Waals surface area contributed by atoms with Gasteiger partial charge in [-0.1, -0.05) is 16.9 Å². The molecule has 2 aromatic carbocycles. The number of hydrogen-bond donors (Lipinski definition) is 0. The van der Waals surface area contributed by atoms with Gasteiger partial charge >= 0.3 is 0 Å². The highest BCUT2D eigenvalue weighted by molar-refractivity contribution is 7.98. The molecule has 0 saturated heterocycles. The number of thioether (sulfide) groups is 1. The standard InChI is InChI=1S/C19H16N4O4S/c1-24-14-7-3-12(4-8-14)17-20-16(23-27-17)11-28-19-22-21-18(26-19)13-5-9-15(25-2)10-6-13/h3-10H,11H2,1-2H3. The van der Waals surface area contributed by atoms with Crippen LogP contribution in [0.5, 0.6) is 11.5 Å². The Morgan fingerprint density at radius 3 is 2.04 bits per heavy atom. The molecule has 142 valence electrons. The van der Waals surface area contributed by atoms with Crippen LogP contribution in [-0.2, 0) is 5.75 Å². The van der Waals surface area contributed by atoms with Crippen LogP contribution in [0.25, 0.3) is 22.9 Å². The highest BCUT2D eigenvalue weighted by Gasteiger charge is 2.13. The second-order valence-corrected chi connectivity index (χ2v) is 6.56. The van der Waals surface area contributed by atoms with E-state index in [9.17, 15) is 0 Å². The summed E-state index contributed by atoms with van der Waals surface area (Å²) in [7, 11) is 3.24. The molecule has 2 aromatic heterocycles. The summed E-state index contributed by atoms with van der Waals surface area (Å²) in [5.41, 5.74) is 1.64. The summed E-state index contributed by atoms with van der Waals surface area (Å²) in [5.74, 6) is 3.41. The van der Waals surface area contributed by atoms with Gasteiger partial charge in [-0.15, -0.1) is 10.2 Å². The predicted molar refractivity (Wildman–Crippen MR) is 102 cm³/mol. The van der Waals surface area contributed by atoms with Crippen LogP contribution in [0.2, 0.25) is 0 Å². The first-order valence-corrected chi connectivity index (χ1v) is 9.31. The summed E-state index contributed by atoms with van der Waals surface area (Å²) in [6.45, 7) is 0. The highest BCUT2D eigenvalue weighted by atomic mass is 32.2. The fourth-order valence-corrected chi connectivity index (χ4v) is 3.01. The Bertz CT molecular complexity index is 959. The third-order valence-electron chi connectivity index (χ3n) is 3.87. The molecule has 2 heterocycles. The Morgan fingerprint density at radius 2 is 1.43 bits per heavy atom. The number of rotatable bonds is 7. The smallest absolute Gasteiger partial charge is 0.277 e. The summed E-state index contributed by atoms with van der Waals surface area (Å²) >= 11 is 1.34. The van der Waals surface area contributed by atoms with E-state index >= 15 is 0 Å². The topological polar surface area (TPSA) is 96.3 Å². The molecule has 0 aliphatic rings. The zero-order valence-corrected chi connectivity index (χ0v) is 16.0. The fourth-order valence-electron chi connectivity index (χ4n) is 2.41. The van der Waals surface area contributed by atoms with Gasteiger partial charge in [0.1, 0.15) is 11.5 Å². The number of ether oxygens (including phenoxy) is 2. The van der Waals surface area contributed by atoms with E-state index in [1.807, 2.05) is 48.5 Å². The molecule has 8 nitrogen and oxygen atoms in total.